The molecule has 1 N–H and O–H groups in total. The van der Waals surface area contributed by atoms with Crippen molar-refractivity contribution >= 4 is 21.4 Å². The Labute approximate surface area is 132 Å². The predicted molar refractivity (Wildman–Crippen MR) is 87.6 cm³/mol. The highest BCUT2D eigenvalue weighted by molar-refractivity contribution is 7.91. The highest BCUT2D eigenvalue weighted by atomic mass is 35.5. The largest absolute Gasteiger partial charge is 0.310 e. The summed E-state index contributed by atoms with van der Waals surface area (Å²) in [6, 6.07) is 8.18. The average molecular weight is 331 g/mol. The van der Waals surface area contributed by atoms with E-state index < -0.39 is 9.84 Å². The summed E-state index contributed by atoms with van der Waals surface area (Å²) in [5.74, 6) is 0.575. The topological polar surface area (TPSA) is 49.4 Å². The van der Waals surface area contributed by atoms with Gasteiger partial charge in [-0.25, -0.2) is 8.42 Å². The van der Waals surface area contributed by atoms with Gasteiger partial charge in [0.2, 0.25) is 0 Å². The Hall–Kier alpha value is -0.620. The van der Waals surface area contributed by atoms with Crippen LogP contribution in [-0.4, -0.2) is 51.0 Å². The Morgan fingerprint density at radius 3 is 2.67 bits per heavy atom. The molecular weight excluding hydrogens is 308 g/mol. The minimum atomic E-state index is -2.80. The molecule has 1 atom stereocenters. The summed E-state index contributed by atoms with van der Waals surface area (Å²) >= 11 is 6.06. The van der Waals surface area contributed by atoms with Gasteiger partial charge in [-0.2, -0.15) is 0 Å². The van der Waals surface area contributed by atoms with E-state index in [1.165, 1.54) is 5.56 Å². The average Bonchev–Trinajstić information content (AvgIpc) is 2.44. The minimum absolute atomic E-state index is 0.257. The van der Waals surface area contributed by atoms with E-state index in [9.17, 15) is 8.42 Å². The fourth-order valence-electron chi connectivity index (χ4n) is 2.64. The molecule has 0 aliphatic carbocycles. The molecule has 1 aromatic rings. The van der Waals surface area contributed by atoms with Crippen LogP contribution in [0.3, 0.4) is 0 Å². The van der Waals surface area contributed by atoms with Crippen molar-refractivity contribution in [2.45, 2.75) is 19.4 Å². The van der Waals surface area contributed by atoms with Crippen molar-refractivity contribution in [1.82, 2.24) is 10.2 Å². The van der Waals surface area contributed by atoms with E-state index in [-0.39, 0.29) is 17.5 Å². The van der Waals surface area contributed by atoms with Crippen molar-refractivity contribution in [3.63, 3.8) is 0 Å². The molecule has 0 aromatic heterocycles. The van der Waals surface area contributed by atoms with Crippen molar-refractivity contribution in [2.75, 3.05) is 37.7 Å². The number of benzene rings is 1. The van der Waals surface area contributed by atoms with Crippen LogP contribution in [0.5, 0.6) is 0 Å². The zero-order valence-corrected chi connectivity index (χ0v) is 14.0. The Morgan fingerprint density at radius 1 is 1.33 bits per heavy atom. The smallest absolute Gasteiger partial charge is 0.152 e. The summed E-state index contributed by atoms with van der Waals surface area (Å²) in [6.07, 6.45) is 0.953. The highest BCUT2D eigenvalue weighted by Crippen LogP contribution is 2.21. The molecule has 4 nitrogen and oxygen atoms in total. The summed E-state index contributed by atoms with van der Waals surface area (Å²) in [6.45, 7) is 5.18. The maximum absolute atomic E-state index is 11.4. The zero-order valence-electron chi connectivity index (χ0n) is 12.4. The van der Waals surface area contributed by atoms with Gasteiger partial charge in [0.05, 0.1) is 11.5 Å². The Bertz CT molecular complexity index is 549. The van der Waals surface area contributed by atoms with Gasteiger partial charge in [-0.15, -0.1) is 0 Å². The normalized spacial score (nSPS) is 20.3. The highest BCUT2D eigenvalue weighted by Gasteiger charge is 2.22. The van der Waals surface area contributed by atoms with Crippen LogP contribution < -0.4 is 5.32 Å². The van der Waals surface area contributed by atoms with Crippen LogP contribution in [0.15, 0.2) is 24.3 Å². The summed E-state index contributed by atoms with van der Waals surface area (Å²) in [5.41, 5.74) is 1.19. The number of hydrogen-bond acceptors (Lipinski definition) is 4. The molecule has 1 unspecified atom stereocenters. The van der Waals surface area contributed by atoms with Gasteiger partial charge in [0, 0.05) is 30.7 Å². The van der Waals surface area contributed by atoms with Crippen LogP contribution in [-0.2, 0) is 9.84 Å². The quantitative estimate of drug-likeness (QED) is 0.868. The Kier molecular flexibility index (Phi) is 6.05. The molecule has 0 radical (unpaired) electrons. The first-order chi connectivity index (χ1) is 10.00. The van der Waals surface area contributed by atoms with E-state index in [0.717, 1.165) is 24.5 Å². The molecular formula is C15H23ClN2O2S. The number of nitrogens with one attached hydrogen (secondary N) is 1. The maximum Gasteiger partial charge on any atom is 0.152 e. The fourth-order valence-corrected chi connectivity index (χ4v) is 4.12. The van der Waals surface area contributed by atoms with E-state index in [4.69, 9.17) is 11.6 Å². The summed E-state index contributed by atoms with van der Waals surface area (Å²) in [7, 11) is -2.80. The molecule has 1 fully saturated rings. The van der Waals surface area contributed by atoms with Gasteiger partial charge in [0.25, 0.3) is 0 Å². The van der Waals surface area contributed by atoms with E-state index in [1.807, 2.05) is 18.2 Å². The fraction of sp³-hybridized carbons (Fsp3) is 0.600. The molecule has 0 saturated carbocycles. The number of hydrogen-bond donors (Lipinski definition) is 1. The van der Waals surface area contributed by atoms with Gasteiger partial charge < -0.3 is 10.2 Å². The van der Waals surface area contributed by atoms with Gasteiger partial charge in [-0.1, -0.05) is 30.7 Å². The van der Waals surface area contributed by atoms with Crippen LogP contribution in [0.25, 0.3) is 0 Å². The Balaban J connectivity index is 1.92. The van der Waals surface area contributed by atoms with Crippen LogP contribution >= 0.6 is 11.6 Å². The van der Waals surface area contributed by atoms with Crippen LogP contribution in [0.4, 0.5) is 0 Å². The van der Waals surface area contributed by atoms with Crippen molar-refractivity contribution in [2.24, 2.45) is 0 Å². The lowest BCUT2D eigenvalue weighted by Crippen LogP contribution is -2.41. The van der Waals surface area contributed by atoms with Gasteiger partial charge in [-0.05, 0) is 30.7 Å². The van der Waals surface area contributed by atoms with Crippen molar-refractivity contribution in [1.29, 1.82) is 0 Å². The van der Waals surface area contributed by atoms with E-state index >= 15 is 0 Å². The molecule has 0 spiro atoms. The first-order valence-corrected chi connectivity index (χ1v) is 9.62. The molecule has 2 rings (SSSR count). The van der Waals surface area contributed by atoms with Gasteiger partial charge in [0.15, 0.2) is 9.84 Å². The number of halogens is 1. The lowest BCUT2D eigenvalue weighted by Gasteiger charge is -2.28. The van der Waals surface area contributed by atoms with Crippen LogP contribution in [0, 0.1) is 0 Å². The lowest BCUT2D eigenvalue weighted by molar-refractivity contribution is 0.276. The van der Waals surface area contributed by atoms with Crippen LogP contribution in [0.2, 0.25) is 5.02 Å². The predicted octanol–water partition coefficient (Wildman–Crippen LogP) is 2.11. The molecule has 1 aromatic carbocycles. The third-order valence-corrected chi connectivity index (χ3v) is 5.72. The molecule has 6 heteroatoms. The second kappa shape index (κ2) is 7.58. The zero-order chi connectivity index (χ0) is 15.3. The molecule has 1 saturated heterocycles. The monoisotopic (exact) mass is 330 g/mol. The summed E-state index contributed by atoms with van der Waals surface area (Å²) in [4.78, 5) is 2.23. The van der Waals surface area contributed by atoms with E-state index in [1.54, 1.807) is 0 Å². The molecule has 1 heterocycles. The third-order valence-electron chi connectivity index (χ3n) is 3.87. The molecule has 118 valence electrons. The van der Waals surface area contributed by atoms with Gasteiger partial charge in [-0.3, -0.25) is 0 Å². The molecule has 21 heavy (non-hydrogen) atoms. The Morgan fingerprint density at radius 2 is 2.05 bits per heavy atom. The number of rotatable bonds is 6. The molecule has 0 amide bonds. The van der Waals surface area contributed by atoms with E-state index in [2.05, 4.69) is 23.2 Å². The van der Waals surface area contributed by atoms with Gasteiger partial charge >= 0.3 is 0 Å². The number of nitrogens with zero attached hydrogens (tertiary/aromatic N) is 1. The lowest BCUT2D eigenvalue weighted by atomic mass is 10.0. The second-order valence-electron chi connectivity index (χ2n) is 5.45. The molecule has 1 aliphatic rings. The summed E-state index contributed by atoms with van der Waals surface area (Å²) < 4.78 is 22.9. The van der Waals surface area contributed by atoms with Gasteiger partial charge in [0.1, 0.15) is 0 Å². The van der Waals surface area contributed by atoms with Crippen molar-refractivity contribution < 1.29 is 8.42 Å². The molecule has 1 aliphatic heterocycles. The van der Waals surface area contributed by atoms with Crippen LogP contribution in [0.1, 0.15) is 24.9 Å². The standard InChI is InChI=1S/C15H23ClN2O2S/c1-2-17-15(13-4-3-5-14(16)12-13)6-7-18-8-10-21(19,20)11-9-18/h3-5,12,15,17H,2,6-11H2,1H3. The first-order valence-electron chi connectivity index (χ1n) is 7.42. The van der Waals surface area contributed by atoms with E-state index in [0.29, 0.717) is 13.1 Å². The van der Waals surface area contributed by atoms with Crippen molar-refractivity contribution in [3.8, 4) is 0 Å². The second-order valence-corrected chi connectivity index (χ2v) is 8.19. The minimum Gasteiger partial charge on any atom is -0.310 e. The number of sulfone groups is 1. The third kappa shape index (κ3) is 5.25. The SMILES string of the molecule is CCNC(CCN1CCS(=O)(=O)CC1)c1cccc(Cl)c1. The maximum atomic E-state index is 11.4. The first kappa shape index (κ1) is 16.7. The van der Waals surface area contributed by atoms with Crippen molar-refractivity contribution in [3.05, 3.63) is 34.9 Å². The summed E-state index contributed by atoms with van der Waals surface area (Å²) in [5, 5.41) is 4.23. The molecule has 0 bridgehead atoms.